The van der Waals surface area contributed by atoms with Crippen LogP contribution in [0.15, 0.2) is 39.5 Å². The zero-order chi connectivity index (χ0) is 16.5. The Morgan fingerprint density at radius 2 is 1.86 bits per heavy atom. The molecule has 1 heterocycles. The summed E-state index contributed by atoms with van der Waals surface area (Å²) in [5.41, 5.74) is 10.5. The van der Waals surface area contributed by atoms with E-state index in [1.54, 1.807) is 18.2 Å². The third-order valence-corrected chi connectivity index (χ3v) is 2.78. The molecule has 0 aliphatic rings. The minimum absolute atomic E-state index is 0.0943. The molecule has 0 aliphatic heterocycles. The fraction of sp³-hybridized carbons (Fsp3) is 0.333. The van der Waals surface area contributed by atoms with Crippen molar-refractivity contribution in [1.82, 2.24) is 0 Å². The molecule has 0 aliphatic carbocycles. The van der Waals surface area contributed by atoms with Gasteiger partial charge in [0.25, 0.3) is 0 Å². The number of carboxylic acid groups (broad SMARTS) is 1. The van der Waals surface area contributed by atoms with Crippen molar-refractivity contribution < 1.29 is 19.4 Å². The van der Waals surface area contributed by atoms with Gasteiger partial charge in [-0.15, -0.1) is 0 Å². The third-order valence-electron chi connectivity index (χ3n) is 2.78. The van der Waals surface area contributed by atoms with E-state index in [4.69, 9.17) is 26.1 Å². The predicted molar refractivity (Wildman–Crippen MR) is 82.4 cm³/mol. The van der Waals surface area contributed by atoms with E-state index in [0.29, 0.717) is 18.4 Å². The average Bonchev–Trinajstić information content (AvgIpc) is 2.43. The van der Waals surface area contributed by atoms with E-state index < -0.39 is 11.6 Å². The van der Waals surface area contributed by atoms with Gasteiger partial charge in [-0.05, 0) is 31.0 Å². The van der Waals surface area contributed by atoms with Gasteiger partial charge in [0.05, 0.1) is 6.17 Å². The van der Waals surface area contributed by atoms with Crippen molar-refractivity contribution in [2.24, 2.45) is 11.5 Å². The normalized spacial score (nSPS) is 10.3. The first-order chi connectivity index (χ1) is 10.4. The van der Waals surface area contributed by atoms with Gasteiger partial charge in [0, 0.05) is 23.9 Å². The lowest BCUT2D eigenvalue weighted by Gasteiger charge is -2.01. The zero-order valence-electron chi connectivity index (χ0n) is 12.1. The number of aromatic hydroxyl groups is 1. The molecule has 0 unspecified atom stereocenters. The molecule has 120 valence electrons. The maximum absolute atomic E-state index is 10.7. The maximum atomic E-state index is 10.7. The molecule has 6 N–H and O–H groups in total. The molecule has 0 spiro atoms. The summed E-state index contributed by atoms with van der Waals surface area (Å²) in [6, 6.07) is 7.65. The van der Waals surface area contributed by atoms with Crippen molar-refractivity contribution in [2.45, 2.75) is 31.8 Å². The fourth-order valence-electron chi connectivity index (χ4n) is 1.71. The molecule has 0 saturated heterocycles. The second kappa shape index (κ2) is 8.81. The van der Waals surface area contributed by atoms with Gasteiger partial charge in [0.2, 0.25) is 0 Å². The van der Waals surface area contributed by atoms with Crippen LogP contribution in [0.2, 0.25) is 0 Å². The molecule has 2 aromatic rings. The molecular weight excluding hydrogens is 288 g/mol. The fourth-order valence-corrected chi connectivity index (χ4v) is 1.71. The number of carbonyl (C=O) groups is 1. The van der Waals surface area contributed by atoms with E-state index >= 15 is 0 Å². The van der Waals surface area contributed by atoms with Crippen LogP contribution >= 0.6 is 0 Å². The summed E-state index contributed by atoms with van der Waals surface area (Å²) in [7, 11) is 0. The van der Waals surface area contributed by atoms with Gasteiger partial charge in [-0.3, -0.25) is 4.79 Å². The Labute approximate surface area is 127 Å². The smallest absolute Gasteiger partial charge is 0.336 e. The minimum atomic E-state index is -0.759. The quantitative estimate of drug-likeness (QED) is 0.371. The summed E-state index contributed by atoms with van der Waals surface area (Å²) in [6.07, 6.45) is 2.08. The Morgan fingerprint density at radius 3 is 2.50 bits per heavy atom. The molecule has 1 aromatic carbocycles. The first kappa shape index (κ1) is 17.7. The van der Waals surface area contributed by atoms with Gasteiger partial charge < -0.3 is 26.1 Å². The number of phenolic OH excluding ortho intramolecular Hbond substituents is 1. The predicted octanol–water partition coefficient (Wildman–Crippen LogP) is 1.37. The van der Waals surface area contributed by atoms with Crippen LogP contribution in [0.5, 0.6) is 5.75 Å². The average molecular weight is 308 g/mol. The number of nitrogens with two attached hydrogens (primary N) is 2. The van der Waals surface area contributed by atoms with E-state index in [2.05, 4.69) is 0 Å². The van der Waals surface area contributed by atoms with Crippen LogP contribution in [-0.4, -0.2) is 22.3 Å². The highest BCUT2D eigenvalue weighted by atomic mass is 16.4. The van der Waals surface area contributed by atoms with E-state index in [9.17, 15) is 9.59 Å². The van der Waals surface area contributed by atoms with Crippen LogP contribution in [-0.2, 0) is 4.79 Å². The van der Waals surface area contributed by atoms with E-state index in [-0.39, 0.29) is 18.3 Å². The number of carboxylic acids is 1. The monoisotopic (exact) mass is 308 g/mol. The molecule has 1 aromatic heterocycles. The topological polar surface area (TPSA) is 140 Å². The second-order valence-corrected chi connectivity index (χ2v) is 4.78. The van der Waals surface area contributed by atoms with Crippen LogP contribution in [0.25, 0.3) is 11.0 Å². The van der Waals surface area contributed by atoms with Crippen molar-refractivity contribution >= 4 is 16.9 Å². The van der Waals surface area contributed by atoms with Crippen molar-refractivity contribution in [3.63, 3.8) is 0 Å². The summed E-state index contributed by atoms with van der Waals surface area (Å²) in [5.74, 6) is -0.664. The zero-order valence-corrected chi connectivity index (χ0v) is 12.1. The second-order valence-electron chi connectivity index (χ2n) is 4.78. The molecule has 0 bridgehead atoms. The van der Waals surface area contributed by atoms with Crippen LogP contribution in [0.4, 0.5) is 0 Å². The van der Waals surface area contributed by atoms with Gasteiger partial charge in [-0.1, -0.05) is 6.42 Å². The van der Waals surface area contributed by atoms with E-state index in [0.717, 1.165) is 11.8 Å². The van der Waals surface area contributed by atoms with Crippen molar-refractivity contribution in [1.29, 1.82) is 0 Å². The molecule has 7 heteroatoms. The minimum Gasteiger partial charge on any atom is -0.508 e. The largest absolute Gasteiger partial charge is 0.508 e. The number of fused-ring (bicyclic) bond motifs is 1. The summed E-state index contributed by atoms with van der Waals surface area (Å²) >= 11 is 0. The Kier molecular flexibility index (Phi) is 7.07. The molecule has 0 fully saturated rings. The first-order valence-electron chi connectivity index (χ1n) is 6.84. The molecule has 0 radical (unpaired) electrons. The summed E-state index contributed by atoms with van der Waals surface area (Å²) in [6.45, 7) is 0. The highest BCUT2D eigenvalue weighted by molar-refractivity contribution is 5.77. The molecule has 0 atom stereocenters. The first-order valence-corrected chi connectivity index (χ1v) is 6.84. The highest BCUT2D eigenvalue weighted by Gasteiger charge is 1.98. The Morgan fingerprint density at radius 1 is 1.18 bits per heavy atom. The summed E-state index contributed by atoms with van der Waals surface area (Å²) in [5, 5.41) is 18.1. The van der Waals surface area contributed by atoms with Crippen LogP contribution in [0.1, 0.15) is 25.7 Å². The highest BCUT2D eigenvalue weighted by Crippen LogP contribution is 2.17. The lowest BCUT2D eigenvalue weighted by Crippen LogP contribution is -2.29. The molecule has 0 amide bonds. The molecule has 7 nitrogen and oxygen atoms in total. The van der Waals surface area contributed by atoms with E-state index in [1.165, 1.54) is 12.1 Å². The van der Waals surface area contributed by atoms with Gasteiger partial charge in [0.15, 0.2) is 0 Å². The number of hydrogen-bond acceptors (Lipinski definition) is 6. The number of aliphatic carboxylic acids is 1. The maximum Gasteiger partial charge on any atom is 0.336 e. The molecule has 0 saturated carbocycles. The van der Waals surface area contributed by atoms with Crippen LogP contribution in [0.3, 0.4) is 0 Å². The van der Waals surface area contributed by atoms with E-state index in [1.807, 2.05) is 0 Å². The third kappa shape index (κ3) is 6.87. The van der Waals surface area contributed by atoms with Crippen LogP contribution < -0.4 is 17.1 Å². The summed E-state index contributed by atoms with van der Waals surface area (Å²) < 4.78 is 4.83. The molecular formula is C15H20N2O5. The lowest BCUT2D eigenvalue weighted by molar-refractivity contribution is -0.137. The Bertz CT molecular complexity index is 666. The van der Waals surface area contributed by atoms with Gasteiger partial charge in [-0.2, -0.15) is 0 Å². The summed E-state index contributed by atoms with van der Waals surface area (Å²) in [4.78, 5) is 20.7. The lowest BCUT2D eigenvalue weighted by atomic mass is 10.2. The van der Waals surface area contributed by atoms with Crippen molar-refractivity contribution in [2.75, 3.05) is 0 Å². The van der Waals surface area contributed by atoms with Crippen LogP contribution in [0, 0.1) is 0 Å². The molecule has 22 heavy (non-hydrogen) atoms. The number of unbranched alkanes of at least 4 members (excludes halogenated alkanes) is 1. The Balaban J connectivity index is 0.000000225. The number of hydrogen-bond donors (Lipinski definition) is 4. The van der Waals surface area contributed by atoms with Gasteiger partial charge in [0.1, 0.15) is 11.3 Å². The number of rotatable bonds is 5. The molecule has 2 rings (SSSR count). The van der Waals surface area contributed by atoms with Crippen molar-refractivity contribution in [3.8, 4) is 5.75 Å². The number of benzene rings is 1. The van der Waals surface area contributed by atoms with Gasteiger partial charge >= 0.3 is 11.6 Å². The number of phenols is 1. The Hall–Kier alpha value is -2.38. The standard InChI is InChI=1S/C9H6O3.C6H14N2O2/c10-7-3-1-6-2-4-9(11)12-8(6)5-7;7-5(8)3-1-2-4-6(9)10/h1-5,10H;5H,1-4,7-8H2,(H,9,10). The van der Waals surface area contributed by atoms with Crippen molar-refractivity contribution in [3.05, 3.63) is 40.8 Å². The van der Waals surface area contributed by atoms with Gasteiger partial charge in [-0.25, -0.2) is 4.79 Å². The SMILES string of the molecule is NC(N)CCCCC(=O)O.O=c1ccc2ccc(O)cc2o1.